The number of ether oxygens (including phenoxy) is 1. The van der Waals surface area contributed by atoms with E-state index in [1.165, 1.54) is 18.2 Å². The number of hydrogen-bond acceptors (Lipinski definition) is 5. The van der Waals surface area contributed by atoms with Gasteiger partial charge in [-0.15, -0.1) is 0 Å². The van der Waals surface area contributed by atoms with Crippen LogP contribution in [-0.4, -0.2) is 31.9 Å². The highest BCUT2D eigenvalue weighted by atomic mass is 32.2. The minimum Gasteiger partial charge on any atom is -0.487 e. The first-order valence-electron chi connectivity index (χ1n) is 8.76. The minimum atomic E-state index is -4.31. The Morgan fingerprint density at radius 2 is 1.90 bits per heavy atom. The van der Waals surface area contributed by atoms with Gasteiger partial charge in [0.05, 0.1) is 5.56 Å². The molecule has 0 saturated carbocycles. The highest BCUT2D eigenvalue weighted by Crippen LogP contribution is 2.39. The molecule has 0 unspecified atom stereocenters. The first kappa shape index (κ1) is 19.6. The van der Waals surface area contributed by atoms with Gasteiger partial charge in [-0.1, -0.05) is 36.4 Å². The van der Waals surface area contributed by atoms with Crippen molar-refractivity contribution >= 4 is 38.5 Å². The van der Waals surface area contributed by atoms with Gasteiger partial charge in [-0.25, -0.2) is 18.2 Å². The van der Waals surface area contributed by atoms with Crippen molar-refractivity contribution in [2.75, 3.05) is 10.8 Å². The lowest BCUT2D eigenvalue weighted by atomic mass is 10.0. The Hall–Kier alpha value is -3.66. The first-order chi connectivity index (χ1) is 14.3. The van der Waals surface area contributed by atoms with Crippen LogP contribution in [0.25, 0.3) is 10.8 Å². The molecule has 1 amide bonds. The minimum absolute atomic E-state index is 0.0290. The van der Waals surface area contributed by atoms with Crippen LogP contribution in [0.2, 0.25) is 0 Å². The molecule has 10 heteroatoms. The van der Waals surface area contributed by atoms with Crippen LogP contribution in [0.5, 0.6) is 5.75 Å². The van der Waals surface area contributed by atoms with Gasteiger partial charge >= 0.3 is 16.2 Å². The zero-order valence-electron chi connectivity index (χ0n) is 15.3. The van der Waals surface area contributed by atoms with E-state index >= 15 is 4.39 Å². The van der Waals surface area contributed by atoms with Crippen LogP contribution in [-0.2, 0) is 21.6 Å². The van der Waals surface area contributed by atoms with Crippen molar-refractivity contribution in [1.82, 2.24) is 4.72 Å². The Balaban J connectivity index is 1.88. The van der Waals surface area contributed by atoms with Crippen molar-refractivity contribution < 1.29 is 32.2 Å². The van der Waals surface area contributed by atoms with E-state index in [4.69, 9.17) is 4.74 Å². The van der Waals surface area contributed by atoms with E-state index in [1.807, 2.05) is 6.07 Å². The number of rotatable bonds is 5. The summed E-state index contributed by atoms with van der Waals surface area (Å²) in [6, 6.07) is 14.2. The van der Waals surface area contributed by atoms with Gasteiger partial charge in [-0.2, -0.15) is 8.42 Å². The number of carbonyl (C=O) groups excluding carboxylic acids is 1. The van der Waals surface area contributed by atoms with E-state index < -0.39 is 40.1 Å². The molecule has 3 aromatic rings. The molecule has 1 aliphatic rings. The SMILES string of the molecule is O=C1CN(c2c(OCc3ccccc3)cc3ccc(C(=O)O)cc3c2F)S(=O)(=O)N1. The summed E-state index contributed by atoms with van der Waals surface area (Å²) >= 11 is 0. The molecule has 0 bridgehead atoms. The van der Waals surface area contributed by atoms with Crippen molar-refractivity contribution in [3.8, 4) is 5.75 Å². The highest BCUT2D eigenvalue weighted by molar-refractivity contribution is 7.92. The molecule has 0 aliphatic carbocycles. The van der Waals surface area contributed by atoms with Gasteiger partial charge in [0.2, 0.25) is 0 Å². The van der Waals surface area contributed by atoms with Crippen molar-refractivity contribution in [2.45, 2.75) is 6.61 Å². The summed E-state index contributed by atoms with van der Waals surface area (Å²) in [6.45, 7) is -0.591. The second-order valence-electron chi connectivity index (χ2n) is 6.59. The third-order valence-electron chi connectivity index (χ3n) is 4.57. The predicted octanol–water partition coefficient (Wildman–Crippen LogP) is 2.44. The molecule has 4 rings (SSSR count). The molecule has 0 spiro atoms. The van der Waals surface area contributed by atoms with Crippen LogP contribution in [0.15, 0.2) is 54.6 Å². The number of hydrogen-bond donors (Lipinski definition) is 2. The standard InChI is InChI=1S/C20H15FN2O6S/c21-18-15-8-14(20(25)26)7-6-13(15)9-16(29-11-12-4-2-1-3-5-12)19(18)23-10-17(24)22-30(23,27)28/h1-9H,10-11H2,(H,22,24)(H,25,26). The molecule has 0 atom stereocenters. The number of carbonyl (C=O) groups is 2. The molecule has 30 heavy (non-hydrogen) atoms. The van der Waals surface area contributed by atoms with E-state index in [0.717, 1.165) is 11.6 Å². The van der Waals surface area contributed by atoms with Gasteiger partial charge in [0.15, 0.2) is 5.82 Å². The Kier molecular flexibility index (Phi) is 4.78. The Morgan fingerprint density at radius 3 is 2.53 bits per heavy atom. The fourth-order valence-electron chi connectivity index (χ4n) is 3.17. The van der Waals surface area contributed by atoms with E-state index in [9.17, 15) is 23.1 Å². The number of fused-ring (bicyclic) bond motifs is 1. The lowest BCUT2D eigenvalue weighted by Crippen LogP contribution is -2.30. The molecule has 3 aromatic carbocycles. The van der Waals surface area contributed by atoms with Crippen LogP contribution in [0, 0.1) is 5.82 Å². The van der Waals surface area contributed by atoms with Gasteiger partial charge in [0, 0.05) is 5.39 Å². The monoisotopic (exact) mass is 430 g/mol. The van der Waals surface area contributed by atoms with E-state index in [0.29, 0.717) is 9.69 Å². The van der Waals surface area contributed by atoms with Gasteiger partial charge in [-0.3, -0.25) is 4.79 Å². The Morgan fingerprint density at radius 1 is 1.17 bits per heavy atom. The predicted molar refractivity (Wildman–Crippen MR) is 106 cm³/mol. The molecule has 154 valence electrons. The number of aromatic carboxylic acids is 1. The number of carboxylic acid groups (broad SMARTS) is 1. The highest BCUT2D eigenvalue weighted by Gasteiger charge is 2.38. The summed E-state index contributed by atoms with van der Waals surface area (Å²) < 4.78 is 48.3. The lowest BCUT2D eigenvalue weighted by Gasteiger charge is -2.21. The number of nitrogens with one attached hydrogen (secondary N) is 1. The lowest BCUT2D eigenvalue weighted by molar-refractivity contribution is -0.117. The third kappa shape index (κ3) is 3.52. The number of nitrogens with zero attached hydrogens (tertiary/aromatic N) is 1. The van der Waals surface area contributed by atoms with Crippen molar-refractivity contribution in [1.29, 1.82) is 0 Å². The fourth-order valence-corrected chi connectivity index (χ4v) is 4.33. The molecule has 8 nitrogen and oxygen atoms in total. The molecular weight excluding hydrogens is 415 g/mol. The van der Waals surface area contributed by atoms with Gasteiger partial charge in [0.25, 0.3) is 5.91 Å². The third-order valence-corrected chi connectivity index (χ3v) is 5.95. The summed E-state index contributed by atoms with van der Waals surface area (Å²) in [7, 11) is -4.31. The smallest absolute Gasteiger partial charge is 0.335 e. The van der Waals surface area contributed by atoms with E-state index in [1.54, 1.807) is 29.0 Å². The molecule has 0 radical (unpaired) electrons. The molecule has 1 fully saturated rings. The average Bonchev–Trinajstić information content (AvgIpc) is 2.98. The van der Waals surface area contributed by atoms with Crippen molar-refractivity contribution in [2.24, 2.45) is 0 Å². The molecule has 2 N–H and O–H groups in total. The number of amides is 1. The second-order valence-corrected chi connectivity index (χ2v) is 8.18. The van der Waals surface area contributed by atoms with Gasteiger partial charge in [-0.05, 0) is 29.1 Å². The number of benzene rings is 3. The van der Waals surface area contributed by atoms with Crippen LogP contribution in [0.3, 0.4) is 0 Å². The quantitative estimate of drug-likeness (QED) is 0.643. The van der Waals surface area contributed by atoms with E-state index in [2.05, 4.69) is 0 Å². The van der Waals surface area contributed by atoms with Crippen molar-refractivity contribution in [3.63, 3.8) is 0 Å². The number of anilines is 1. The van der Waals surface area contributed by atoms with Crippen LogP contribution >= 0.6 is 0 Å². The van der Waals surface area contributed by atoms with Crippen LogP contribution < -0.4 is 13.8 Å². The normalized spacial score (nSPS) is 15.2. The Bertz CT molecular complexity index is 1280. The summed E-state index contributed by atoms with van der Waals surface area (Å²) in [6.07, 6.45) is 0. The number of carboxylic acids is 1. The zero-order valence-corrected chi connectivity index (χ0v) is 16.1. The van der Waals surface area contributed by atoms with Crippen LogP contribution in [0.1, 0.15) is 15.9 Å². The molecule has 1 saturated heterocycles. The summed E-state index contributed by atoms with van der Waals surface area (Å²) in [4.78, 5) is 22.9. The van der Waals surface area contributed by atoms with E-state index in [-0.39, 0.29) is 23.3 Å². The van der Waals surface area contributed by atoms with Gasteiger partial charge in [0.1, 0.15) is 24.6 Å². The number of halogens is 1. The topological polar surface area (TPSA) is 113 Å². The summed E-state index contributed by atoms with van der Waals surface area (Å²) in [5, 5.41) is 9.41. The van der Waals surface area contributed by atoms with Crippen molar-refractivity contribution in [3.05, 3.63) is 71.5 Å². The first-order valence-corrected chi connectivity index (χ1v) is 10.2. The van der Waals surface area contributed by atoms with Crippen LogP contribution in [0.4, 0.5) is 10.1 Å². The Labute approximate surface area is 170 Å². The second kappa shape index (κ2) is 7.30. The fraction of sp³-hybridized carbons (Fsp3) is 0.100. The van der Waals surface area contributed by atoms with Gasteiger partial charge < -0.3 is 9.84 Å². The maximum atomic E-state index is 15.5. The molecular formula is C20H15FN2O6S. The zero-order chi connectivity index (χ0) is 21.5. The molecule has 0 aromatic heterocycles. The average molecular weight is 430 g/mol. The maximum absolute atomic E-state index is 15.5. The molecule has 1 heterocycles. The molecule has 1 aliphatic heterocycles. The summed E-state index contributed by atoms with van der Waals surface area (Å²) in [5.74, 6) is -3.17. The largest absolute Gasteiger partial charge is 0.487 e. The summed E-state index contributed by atoms with van der Waals surface area (Å²) in [5.41, 5.74) is 0.145. The maximum Gasteiger partial charge on any atom is 0.335 e.